The number of hydrogen-bond donors (Lipinski definition) is 3. The number of alkyl carbamates (subject to hydrolysis) is 1. The highest BCUT2D eigenvalue weighted by molar-refractivity contribution is 6.27. The van der Waals surface area contributed by atoms with Crippen molar-refractivity contribution in [2.45, 2.75) is 25.5 Å². The van der Waals surface area contributed by atoms with Crippen LogP contribution in [0.2, 0.25) is 0 Å². The minimum absolute atomic E-state index is 0.172. The minimum Gasteiger partial charge on any atom is -0.507 e. The van der Waals surface area contributed by atoms with E-state index in [1.807, 2.05) is 66.7 Å². The number of carbonyl (C=O) groups excluding carboxylic acids is 3. The number of nitrogens with one attached hydrogen (secondary N) is 2. The Morgan fingerprint density at radius 1 is 1.03 bits per heavy atom. The molecule has 0 aliphatic carbocycles. The van der Waals surface area contributed by atoms with Gasteiger partial charge in [0.05, 0.1) is 6.04 Å². The molecule has 1 atom stereocenters. The van der Waals surface area contributed by atoms with Gasteiger partial charge < -0.3 is 20.5 Å². The van der Waals surface area contributed by atoms with E-state index in [2.05, 4.69) is 10.6 Å². The maximum Gasteiger partial charge on any atom is 0.407 e. The number of rotatable bonds is 9. The van der Waals surface area contributed by atoms with Crippen molar-refractivity contribution in [3.8, 4) is 0 Å². The number of hydrogen-bond acceptors (Lipinski definition) is 5. The fourth-order valence-corrected chi connectivity index (χ4v) is 3.26. The Labute approximate surface area is 192 Å². The summed E-state index contributed by atoms with van der Waals surface area (Å²) in [5.74, 6) is -1.43. The van der Waals surface area contributed by atoms with Crippen molar-refractivity contribution in [1.82, 2.24) is 10.6 Å². The first-order valence-corrected chi connectivity index (χ1v) is 10.7. The van der Waals surface area contributed by atoms with Crippen LogP contribution in [0.5, 0.6) is 0 Å². The van der Waals surface area contributed by atoms with Crippen molar-refractivity contribution in [2.75, 3.05) is 6.54 Å². The highest BCUT2D eigenvalue weighted by atomic mass is 16.5. The van der Waals surface area contributed by atoms with Crippen molar-refractivity contribution in [2.24, 2.45) is 0 Å². The molecule has 0 unspecified atom stereocenters. The average molecular weight is 447 g/mol. The highest BCUT2D eigenvalue weighted by Crippen LogP contribution is 2.18. The zero-order valence-corrected chi connectivity index (χ0v) is 18.1. The molecule has 1 heterocycles. The maximum atomic E-state index is 12.5. The maximum absolute atomic E-state index is 12.5. The number of ketones is 1. The Hall–Kier alpha value is -4.13. The zero-order chi connectivity index (χ0) is 23.5. The quantitative estimate of drug-likeness (QED) is 0.178. The van der Waals surface area contributed by atoms with Gasteiger partial charge in [0.15, 0.2) is 5.78 Å². The first-order chi connectivity index (χ1) is 16.0. The van der Waals surface area contributed by atoms with Gasteiger partial charge in [-0.25, -0.2) is 4.79 Å². The minimum atomic E-state index is -0.731. The molecule has 170 valence electrons. The van der Waals surface area contributed by atoms with Crippen molar-refractivity contribution >= 4 is 23.9 Å². The van der Waals surface area contributed by atoms with Crippen LogP contribution in [-0.2, 0) is 20.9 Å². The van der Waals surface area contributed by atoms with Crippen LogP contribution in [0.4, 0.5) is 4.79 Å². The molecule has 33 heavy (non-hydrogen) atoms. The number of Topliss-reactive ketones (excluding diaryl/α,β-unsaturated/α-hetero) is 1. The average Bonchev–Trinajstić information content (AvgIpc) is 3.12. The third kappa shape index (κ3) is 7.21. The zero-order valence-electron chi connectivity index (χ0n) is 18.1. The molecule has 2 aromatic carbocycles. The summed E-state index contributed by atoms with van der Waals surface area (Å²) in [5, 5.41) is 15.4. The van der Waals surface area contributed by atoms with Crippen LogP contribution in [0.15, 0.2) is 90.2 Å². The van der Waals surface area contributed by atoms with Gasteiger partial charge in [-0.2, -0.15) is 0 Å². The molecule has 0 spiro atoms. The fraction of sp³-hybridized carbons (Fsp3) is 0.192. The highest BCUT2D eigenvalue weighted by Gasteiger charge is 2.37. The predicted octanol–water partition coefficient (Wildman–Crippen LogP) is 3.84. The van der Waals surface area contributed by atoms with E-state index < -0.39 is 23.8 Å². The van der Waals surface area contributed by atoms with Crippen LogP contribution < -0.4 is 10.6 Å². The second-order valence-corrected chi connectivity index (χ2v) is 7.41. The number of amides is 2. The molecule has 3 rings (SSSR count). The van der Waals surface area contributed by atoms with E-state index in [4.69, 9.17) is 4.74 Å². The van der Waals surface area contributed by atoms with E-state index in [1.165, 1.54) is 6.08 Å². The van der Waals surface area contributed by atoms with E-state index in [-0.39, 0.29) is 17.9 Å². The topological polar surface area (TPSA) is 105 Å². The van der Waals surface area contributed by atoms with Crippen LogP contribution in [0.3, 0.4) is 0 Å². The second-order valence-electron chi connectivity index (χ2n) is 7.41. The van der Waals surface area contributed by atoms with Gasteiger partial charge in [0, 0.05) is 6.54 Å². The van der Waals surface area contributed by atoms with E-state index >= 15 is 0 Å². The molecule has 0 radical (unpaired) electrons. The molecule has 0 saturated carbocycles. The monoisotopic (exact) mass is 446 g/mol. The number of aliphatic hydroxyl groups excluding tert-OH is 1. The van der Waals surface area contributed by atoms with Gasteiger partial charge in [0.2, 0.25) is 0 Å². The number of allylic oxidation sites excluding steroid dienone is 3. The Balaban J connectivity index is 1.42. The van der Waals surface area contributed by atoms with Crippen molar-refractivity contribution in [3.05, 3.63) is 101 Å². The summed E-state index contributed by atoms with van der Waals surface area (Å²) in [6.45, 7) is 0.466. The molecule has 1 saturated heterocycles. The van der Waals surface area contributed by atoms with Crippen LogP contribution in [0.1, 0.15) is 24.0 Å². The largest absolute Gasteiger partial charge is 0.507 e. The van der Waals surface area contributed by atoms with Crippen molar-refractivity contribution in [1.29, 1.82) is 0 Å². The van der Waals surface area contributed by atoms with E-state index in [9.17, 15) is 19.5 Å². The van der Waals surface area contributed by atoms with Crippen LogP contribution in [-0.4, -0.2) is 35.5 Å². The molecule has 1 aliphatic heterocycles. The molecule has 1 fully saturated rings. The smallest absolute Gasteiger partial charge is 0.407 e. The number of benzene rings is 2. The molecule has 7 nitrogen and oxygen atoms in total. The summed E-state index contributed by atoms with van der Waals surface area (Å²) in [7, 11) is 0. The first-order valence-electron chi connectivity index (χ1n) is 10.7. The molecule has 2 amide bonds. The summed E-state index contributed by atoms with van der Waals surface area (Å²) in [6.07, 6.45) is 6.67. The van der Waals surface area contributed by atoms with Gasteiger partial charge >= 0.3 is 6.09 Å². The van der Waals surface area contributed by atoms with Crippen molar-refractivity contribution < 1.29 is 24.2 Å². The summed E-state index contributed by atoms with van der Waals surface area (Å²) in [4.78, 5) is 36.5. The van der Waals surface area contributed by atoms with E-state index in [0.29, 0.717) is 19.4 Å². The molecular weight excluding hydrogens is 420 g/mol. The fourth-order valence-electron chi connectivity index (χ4n) is 3.26. The van der Waals surface area contributed by atoms with Gasteiger partial charge in [-0.3, -0.25) is 9.59 Å². The lowest BCUT2D eigenvalue weighted by Crippen LogP contribution is -2.31. The molecular formula is C26H26N2O5. The summed E-state index contributed by atoms with van der Waals surface area (Å²) in [5.41, 5.74) is 1.62. The van der Waals surface area contributed by atoms with Crippen LogP contribution >= 0.6 is 0 Å². The summed E-state index contributed by atoms with van der Waals surface area (Å²) in [6, 6.07) is 18.2. The molecule has 7 heteroatoms. The van der Waals surface area contributed by atoms with Gasteiger partial charge in [-0.1, -0.05) is 78.9 Å². The molecule has 3 N–H and O–H groups in total. The van der Waals surface area contributed by atoms with E-state index in [1.54, 1.807) is 12.2 Å². The number of aliphatic hydroxyl groups is 1. The third-order valence-corrected chi connectivity index (χ3v) is 4.96. The Morgan fingerprint density at radius 2 is 1.73 bits per heavy atom. The van der Waals surface area contributed by atoms with E-state index in [0.717, 1.165) is 11.1 Å². The lowest BCUT2D eigenvalue weighted by atomic mass is 10.0. The van der Waals surface area contributed by atoms with Gasteiger partial charge in [0.25, 0.3) is 5.91 Å². The normalized spacial score (nSPS) is 17.4. The Bertz CT molecular complexity index is 1060. The van der Waals surface area contributed by atoms with Crippen LogP contribution in [0, 0.1) is 0 Å². The molecule has 0 aromatic heterocycles. The van der Waals surface area contributed by atoms with Gasteiger partial charge in [-0.05, 0) is 30.0 Å². The predicted molar refractivity (Wildman–Crippen MR) is 125 cm³/mol. The standard InChI is InChI=1S/C26H26N2O5/c29-22(16-8-7-12-19-10-3-1-4-11-19)23-24(30)21(28-25(23)31)15-9-17-27-26(32)33-18-20-13-5-2-6-14-20/h1-8,10-14,16,21,29H,9,15,17-18H2,(H,27,32)(H,28,31)/b12-7-,16-8-,23-22-/t21-/m1/s1. The Kier molecular flexibility index (Phi) is 8.59. The number of carbonyl (C=O) groups is 3. The summed E-state index contributed by atoms with van der Waals surface area (Å²) < 4.78 is 5.12. The molecule has 2 aromatic rings. The molecule has 1 aliphatic rings. The Morgan fingerprint density at radius 3 is 2.45 bits per heavy atom. The van der Waals surface area contributed by atoms with Crippen molar-refractivity contribution in [3.63, 3.8) is 0 Å². The number of ether oxygens (including phenoxy) is 1. The van der Waals surface area contributed by atoms with Gasteiger partial charge in [-0.15, -0.1) is 0 Å². The lowest BCUT2D eigenvalue weighted by Gasteiger charge is -2.09. The second kappa shape index (κ2) is 12.0. The lowest BCUT2D eigenvalue weighted by molar-refractivity contribution is -0.117. The van der Waals surface area contributed by atoms with Crippen LogP contribution in [0.25, 0.3) is 6.08 Å². The third-order valence-electron chi connectivity index (χ3n) is 4.96. The SMILES string of the molecule is O=C(NCCC[C@H]1NC(=O)/C(=C(O)/C=C\C=C/c2ccccc2)C1=O)OCc1ccccc1. The van der Waals surface area contributed by atoms with Gasteiger partial charge in [0.1, 0.15) is 17.9 Å². The summed E-state index contributed by atoms with van der Waals surface area (Å²) >= 11 is 0. The first kappa shape index (κ1) is 23.5. The molecule has 0 bridgehead atoms.